The number of β-lactam (4-membered cyclic amide) rings is 1. The molecule has 3 fully saturated rings. The van der Waals surface area contributed by atoms with Gasteiger partial charge in [-0.05, 0) is 32.7 Å². The molecule has 2 N–H and O–H groups in total. The first-order chi connectivity index (χ1) is 12.5. The van der Waals surface area contributed by atoms with Crippen LogP contribution < -0.4 is 0 Å². The Kier molecular flexibility index (Phi) is 5.26. The van der Waals surface area contributed by atoms with E-state index in [-0.39, 0.29) is 17.0 Å². The number of aliphatic carboxylic acids is 1. The van der Waals surface area contributed by atoms with Gasteiger partial charge in [0.25, 0.3) is 0 Å². The van der Waals surface area contributed by atoms with E-state index in [0.29, 0.717) is 11.3 Å². The Morgan fingerprint density at radius 2 is 2.08 bits per heavy atom. The minimum Gasteiger partial charge on any atom is -0.477 e. The van der Waals surface area contributed by atoms with Crippen LogP contribution >= 0.6 is 23.5 Å². The predicted octanol–water partition coefficient (Wildman–Crippen LogP) is 1.14. The molecule has 26 heavy (non-hydrogen) atoms. The fourth-order valence-electron chi connectivity index (χ4n) is 4.22. The van der Waals surface area contributed by atoms with Crippen molar-refractivity contribution in [3.8, 4) is 0 Å². The molecule has 0 radical (unpaired) electrons. The molecule has 144 valence electrons. The van der Waals surface area contributed by atoms with Crippen LogP contribution in [0.25, 0.3) is 0 Å². The summed E-state index contributed by atoms with van der Waals surface area (Å²) in [7, 11) is 0. The van der Waals surface area contributed by atoms with E-state index >= 15 is 0 Å². The topological polar surface area (TPSA) is 90.3 Å². The maximum absolute atomic E-state index is 12.3. The van der Waals surface area contributed by atoms with Gasteiger partial charge < -0.3 is 14.9 Å². The Morgan fingerprint density at radius 3 is 2.73 bits per heavy atom. The maximum atomic E-state index is 12.3. The van der Waals surface area contributed by atoms with E-state index in [2.05, 4.69) is 4.90 Å². The molecule has 4 aliphatic heterocycles. The van der Waals surface area contributed by atoms with E-state index in [1.807, 2.05) is 0 Å². The largest absolute Gasteiger partial charge is 0.477 e. The maximum Gasteiger partial charge on any atom is 0.354 e. The highest BCUT2D eigenvalue weighted by molar-refractivity contribution is 8.23. The highest BCUT2D eigenvalue weighted by atomic mass is 32.2. The van der Waals surface area contributed by atoms with Gasteiger partial charge in [0, 0.05) is 31.1 Å². The number of hydrogen-bond acceptors (Lipinski definition) is 7. The summed E-state index contributed by atoms with van der Waals surface area (Å²) in [4.78, 5) is 27.9. The number of rotatable bonds is 5. The van der Waals surface area contributed by atoms with Gasteiger partial charge in [0.15, 0.2) is 5.70 Å². The number of aliphatic hydroxyl groups excluding tert-OH is 1. The molecule has 0 aromatic carbocycles. The molecule has 9 heteroatoms. The summed E-state index contributed by atoms with van der Waals surface area (Å²) in [6.07, 6.45) is 2.40. The number of ether oxygens (including phenoxy) is 1. The first kappa shape index (κ1) is 18.6. The Hall–Kier alpha value is -0.740. The van der Waals surface area contributed by atoms with Crippen molar-refractivity contribution in [3.05, 3.63) is 9.93 Å². The number of nitrogens with zero attached hydrogens (tertiary/aromatic N) is 2. The standard InChI is InChI=1S/C17H24N2O5S2/c1-9(20)12-14(21)19-13(16(22)23)17(26-15(12)19)25-11-2-5-18(8-11)10-3-6-24-7-4-10/h9-12,15,20H,2-8H2,1H3,(H,22,23)/t9-,11-,12+,15-/m1/s1. The molecule has 4 aliphatic rings. The average molecular weight is 401 g/mol. The molecule has 3 saturated heterocycles. The van der Waals surface area contributed by atoms with Gasteiger partial charge in [-0.15, -0.1) is 11.8 Å². The molecule has 0 spiro atoms. The highest BCUT2D eigenvalue weighted by Gasteiger charge is 2.58. The molecule has 0 bridgehead atoms. The molecule has 0 saturated carbocycles. The fourth-order valence-corrected chi connectivity index (χ4v) is 7.55. The number of carbonyl (C=O) groups is 2. The molecule has 4 rings (SSSR count). The van der Waals surface area contributed by atoms with Gasteiger partial charge in [-0.1, -0.05) is 11.8 Å². The number of fused-ring (bicyclic) bond motifs is 1. The number of carboxylic acids is 1. The van der Waals surface area contributed by atoms with E-state index in [0.717, 1.165) is 49.8 Å². The van der Waals surface area contributed by atoms with Gasteiger partial charge in [0.1, 0.15) is 5.37 Å². The zero-order valence-corrected chi connectivity index (χ0v) is 16.3. The average Bonchev–Trinajstić information content (AvgIpc) is 3.19. The lowest BCUT2D eigenvalue weighted by Gasteiger charge is -2.43. The normalized spacial score (nSPS) is 34.2. The number of likely N-dealkylation sites (tertiary alicyclic amines) is 1. The van der Waals surface area contributed by atoms with Crippen LogP contribution in [0.5, 0.6) is 0 Å². The summed E-state index contributed by atoms with van der Waals surface area (Å²) in [6.45, 7) is 5.22. The van der Waals surface area contributed by atoms with Gasteiger partial charge in [-0.2, -0.15) is 0 Å². The number of thioether (sulfide) groups is 2. The third-order valence-corrected chi connectivity index (χ3v) is 8.48. The molecule has 1 amide bonds. The van der Waals surface area contributed by atoms with Crippen LogP contribution in [0.1, 0.15) is 26.2 Å². The third-order valence-electron chi connectivity index (χ3n) is 5.63. The van der Waals surface area contributed by atoms with Crippen LogP contribution in [0.4, 0.5) is 0 Å². The second-order valence-corrected chi connectivity index (χ2v) is 9.99. The number of aliphatic hydroxyl groups is 1. The van der Waals surface area contributed by atoms with Crippen molar-refractivity contribution in [1.82, 2.24) is 9.80 Å². The molecular formula is C17H24N2O5S2. The quantitative estimate of drug-likeness (QED) is 0.664. The zero-order chi connectivity index (χ0) is 18.4. The number of carboxylic acid groups (broad SMARTS) is 1. The van der Waals surface area contributed by atoms with Crippen molar-refractivity contribution in [2.75, 3.05) is 26.3 Å². The monoisotopic (exact) mass is 400 g/mol. The summed E-state index contributed by atoms with van der Waals surface area (Å²) in [5.41, 5.74) is 0.108. The smallest absolute Gasteiger partial charge is 0.354 e. The Bertz CT molecular complexity index is 635. The van der Waals surface area contributed by atoms with E-state index in [1.54, 1.807) is 18.7 Å². The summed E-state index contributed by atoms with van der Waals surface area (Å²) in [5, 5.41) is 19.5. The molecule has 4 heterocycles. The van der Waals surface area contributed by atoms with Gasteiger partial charge in [0.2, 0.25) is 5.91 Å². The lowest BCUT2D eigenvalue weighted by molar-refractivity contribution is -0.156. The van der Waals surface area contributed by atoms with Crippen molar-refractivity contribution < 1.29 is 24.5 Å². The minimum atomic E-state index is -1.06. The molecule has 0 aromatic heterocycles. The Morgan fingerprint density at radius 1 is 1.35 bits per heavy atom. The summed E-state index contributed by atoms with van der Waals surface area (Å²) < 4.78 is 6.16. The lowest BCUT2D eigenvalue weighted by atomic mass is 9.92. The van der Waals surface area contributed by atoms with Crippen LogP contribution in [0.3, 0.4) is 0 Å². The summed E-state index contributed by atoms with van der Waals surface area (Å²) in [6, 6.07) is 0.569. The van der Waals surface area contributed by atoms with Crippen LogP contribution in [0.2, 0.25) is 0 Å². The summed E-state index contributed by atoms with van der Waals surface area (Å²) in [5.74, 6) is -1.84. The van der Waals surface area contributed by atoms with Crippen molar-refractivity contribution in [2.45, 2.75) is 49.0 Å². The summed E-state index contributed by atoms with van der Waals surface area (Å²) >= 11 is 3.02. The predicted molar refractivity (Wildman–Crippen MR) is 99.5 cm³/mol. The molecule has 0 unspecified atom stereocenters. The van der Waals surface area contributed by atoms with Crippen LogP contribution in [-0.2, 0) is 14.3 Å². The van der Waals surface area contributed by atoms with Gasteiger partial charge in [-0.25, -0.2) is 4.79 Å². The Balaban J connectivity index is 1.43. The second-order valence-electron chi connectivity index (χ2n) is 7.29. The van der Waals surface area contributed by atoms with E-state index < -0.39 is 18.0 Å². The second kappa shape index (κ2) is 7.35. The van der Waals surface area contributed by atoms with E-state index in [4.69, 9.17) is 4.74 Å². The fraction of sp³-hybridized carbons (Fsp3) is 0.765. The van der Waals surface area contributed by atoms with Gasteiger partial charge in [0.05, 0.1) is 16.3 Å². The first-order valence-corrected chi connectivity index (χ1v) is 10.9. The minimum absolute atomic E-state index is 0.108. The zero-order valence-electron chi connectivity index (χ0n) is 14.7. The van der Waals surface area contributed by atoms with Crippen molar-refractivity contribution in [1.29, 1.82) is 0 Å². The third kappa shape index (κ3) is 3.17. The van der Waals surface area contributed by atoms with Crippen molar-refractivity contribution in [3.63, 3.8) is 0 Å². The molecule has 7 nitrogen and oxygen atoms in total. The molecule has 0 aliphatic carbocycles. The van der Waals surface area contributed by atoms with Crippen LogP contribution in [-0.4, -0.2) is 81.0 Å². The van der Waals surface area contributed by atoms with E-state index in [1.165, 1.54) is 16.7 Å². The highest BCUT2D eigenvalue weighted by Crippen LogP contribution is 2.55. The van der Waals surface area contributed by atoms with E-state index in [9.17, 15) is 19.8 Å². The van der Waals surface area contributed by atoms with Gasteiger partial charge in [-0.3, -0.25) is 14.6 Å². The Labute approximate surface area is 161 Å². The number of hydrogen-bond donors (Lipinski definition) is 2. The van der Waals surface area contributed by atoms with Crippen molar-refractivity contribution >= 4 is 35.4 Å². The number of amides is 1. The SMILES string of the molecule is C[C@@H](O)[C@H]1C(=O)N2C(C(=O)O)=C(S[C@@H]3CCN(C4CCOCC4)C3)S[C@H]12. The van der Waals surface area contributed by atoms with Crippen LogP contribution in [0, 0.1) is 5.92 Å². The molecule has 4 atom stereocenters. The molecule has 0 aromatic rings. The van der Waals surface area contributed by atoms with Crippen molar-refractivity contribution in [2.24, 2.45) is 5.92 Å². The molecular weight excluding hydrogens is 376 g/mol. The number of carbonyl (C=O) groups excluding carboxylic acids is 1. The lowest BCUT2D eigenvalue weighted by Crippen LogP contribution is -2.60. The van der Waals surface area contributed by atoms with Gasteiger partial charge >= 0.3 is 5.97 Å². The first-order valence-electron chi connectivity index (χ1n) is 9.11. The van der Waals surface area contributed by atoms with Crippen LogP contribution in [0.15, 0.2) is 9.93 Å².